The maximum absolute atomic E-state index is 15.5. The molecule has 208 valence electrons. The number of nitrogens with one attached hydrogen (secondary N) is 2. The molecule has 2 aromatic carbocycles. The molecule has 2 N–H and O–H groups in total. The Balaban J connectivity index is 1.60. The zero-order chi connectivity index (χ0) is 28.0. The van der Waals surface area contributed by atoms with Gasteiger partial charge < -0.3 is 10.2 Å². The number of urea groups is 1. The van der Waals surface area contributed by atoms with E-state index in [2.05, 4.69) is 5.32 Å². The summed E-state index contributed by atoms with van der Waals surface area (Å²) in [6, 6.07) is 4.73. The Bertz CT molecular complexity index is 1310. The highest BCUT2D eigenvalue weighted by Crippen LogP contribution is 2.56. The van der Waals surface area contributed by atoms with Crippen LogP contribution in [0.4, 0.5) is 31.1 Å². The van der Waals surface area contributed by atoms with Crippen molar-refractivity contribution in [2.75, 3.05) is 13.1 Å². The van der Waals surface area contributed by atoms with Gasteiger partial charge in [-0.15, -0.1) is 0 Å². The van der Waals surface area contributed by atoms with E-state index in [4.69, 9.17) is 0 Å². The van der Waals surface area contributed by atoms with Gasteiger partial charge in [0.2, 0.25) is 0 Å². The fourth-order valence-electron chi connectivity index (χ4n) is 5.01. The smallest absolute Gasteiger partial charge is 0.335 e. The lowest BCUT2D eigenvalue weighted by molar-refractivity contribution is 0.171. The Morgan fingerprint density at radius 3 is 2.39 bits per heavy atom. The highest BCUT2D eigenvalue weighted by atomic mass is 32.2. The van der Waals surface area contributed by atoms with Gasteiger partial charge in [0.15, 0.2) is 0 Å². The predicted molar refractivity (Wildman–Crippen MR) is 128 cm³/mol. The second-order valence-corrected chi connectivity index (χ2v) is 12.2. The van der Waals surface area contributed by atoms with Crippen LogP contribution in [-0.4, -0.2) is 55.9 Å². The number of carbonyl (C=O) groups excluding carboxylic acids is 1. The number of rotatable bonds is 8. The molecule has 1 aliphatic heterocycles. The molecule has 6 nitrogen and oxygen atoms in total. The summed E-state index contributed by atoms with van der Waals surface area (Å²) in [5, 5.41) is 2.47. The van der Waals surface area contributed by atoms with Gasteiger partial charge in [0.05, 0.1) is 6.54 Å². The molecular weight excluding hydrogens is 536 g/mol. The number of nitrogens with zero attached hydrogens (tertiary/aromatic N) is 1. The largest absolute Gasteiger partial charge is 0.350 e. The number of hydrogen-bond donors (Lipinski definition) is 2. The van der Waals surface area contributed by atoms with Gasteiger partial charge in [-0.2, -0.15) is 8.78 Å². The molecule has 3 atom stereocenters. The maximum atomic E-state index is 15.5. The van der Waals surface area contributed by atoms with Gasteiger partial charge in [-0.3, -0.25) is 0 Å². The molecule has 38 heavy (non-hydrogen) atoms. The normalized spacial score (nSPS) is 23.3. The minimum Gasteiger partial charge on any atom is -0.335 e. The summed E-state index contributed by atoms with van der Waals surface area (Å²) in [6.45, 7) is 2.20. The van der Waals surface area contributed by atoms with Crippen molar-refractivity contribution in [1.29, 1.82) is 0 Å². The monoisotopic (exact) mass is 563 g/mol. The van der Waals surface area contributed by atoms with Gasteiger partial charge in [0.25, 0.3) is 10.0 Å². The molecule has 1 saturated carbocycles. The second-order valence-electron chi connectivity index (χ2n) is 10.5. The Morgan fingerprint density at radius 1 is 1.13 bits per heavy atom. The van der Waals surface area contributed by atoms with E-state index in [1.165, 1.54) is 36.9 Å². The summed E-state index contributed by atoms with van der Waals surface area (Å²) in [4.78, 5) is 14.3. The first kappa shape index (κ1) is 28.2. The van der Waals surface area contributed by atoms with Crippen molar-refractivity contribution in [1.82, 2.24) is 14.9 Å². The molecule has 2 fully saturated rings. The number of amides is 2. The summed E-state index contributed by atoms with van der Waals surface area (Å²) in [6.07, 6.45) is 0.313. The minimum absolute atomic E-state index is 0.0109. The molecule has 2 amide bonds. The molecule has 13 heteroatoms. The lowest BCUT2D eigenvalue weighted by Gasteiger charge is -2.27. The third-order valence-corrected chi connectivity index (χ3v) is 8.01. The minimum atomic E-state index is -4.87. The van der Waals surface area contributed by atoms with Crippen LogP contribution >= 0.6 is 0 Å². The topological polar surface area (TPSA) is 78.5 Å². The third kappa shape index (κ3) is 6.09. The van der Waals surface area contributed by atoms with E-state index in [-0.39, 0.29) is 49.0 Å². The summed E-state index contributed by atoms with van der Waals surface area (Å²) in [5.41, 5.74) is -2.51. The molecule has 3 unspecified atom stereocenters. The van der Waals surface area contributed by atoms with Crippen LogP contribution in [0, 0.1) is 22.9 Å². The van der Waals surface area contributed by atoms with Crippen LogP contribution in [0.3, 0.4) is 0 Å². The van der Waals surface area contributed by atoms with Crippen LogP contribution in [0.1, 0.15) is 32.3 Å². The molecular formula is C25H27F6N3O3S. The maximum Gasteiger partial charge on any atom is 0.350 e. The Hall–Kier alpha value is -2.80. The van der Waals surface area contributed by atoms with Gasteiger partial charge in [0, 0.05) is 35.7 Å². The molecule has 1 saturated heterocycles. The van der Waals surface area contributed by atoms with Gasteiger partial charge in [-0.25, -0.2) is 35.5 Å². The van der Waals surface area contributed by atoms with Crippen LogP contribution in [0.25, 0.3) is 11.1 Å². The first-order valence-electron chi connectivity index (χ1n) is 11.9. The average Bonchev–Trinajstić information content (AvgIpc) is 3.30. The number of hydrogen-bond acceptors (Lipinski definition) is 3. The van der Waals surface area contributed by atoms with Gasteiger partial charge in [-0.1, -0.05) is 18.2 Å². The summed E-state index contributed by atoms with van der Waals surface area (Å²) < 4.78 is 108. The number of alkyl halides is 3. The van der Waals surface area contributed by atoms with E-state index >= 15 is 4.39 Å². The van der Waals surface area contributed by atoms with Gasteiger partial charge >= 0.3 is 11.8 Å². The summed E-state index contributed by atoms with van der Waals surface area (Å²) in [7, 11) is -4.87. The standard InChI is InChI=1S/C25H27F6N3O3S/c1-24(2,31)12-32-23(35)34-13-25(11-20(25)33-38(36,37)22(29)30)10-18(34)8-14-4-3-5-19(21(14)28)15-6-16(26)9-17(27)7-15/h3-7,9,18,20,22,33H,8,10-13H2,1-2H3,(H,32,35). The van der Waals surface area contributed by atoms with Crippen LogP contribution < -0.4 is 10.0 Å². The van der Waals surface area contributed by atoms with Crippen molar-refractivity contribution >= 4 is 16.1 Å². The number of halogens is 6. The molecule has 1 spiro atoms. The molecule has 2 aromatic rings. The first-order chi connectivity index (χ1) is 17.6. The van der Waals surface area contributed by atoms with Crippen LogP contribution in [0.15, 0.2) is 36.4 Å². The van der Waals surface area contributed by atoms with Crippen molar-refractivity contribution in [3.63, 3.8) is 0 Å². The van der Waals surface area contributed by atoms with Crippen molar-refractivity contribution < 1.29 is 39.6 Å². The quantitative estimate of drug-likeness (QED) is 0.456. The van der Waals surface area contributed by atoms with Crippen LogP contribution in [0.5, 0.6) is 0 Å². The van der Waals surface area contributed by atoms with E-state index < -0.39 is 62.4 Å². The van der Waals surface area contributed by atoms with Crippen molar-refractivity contribution in [3.05, 3.63) is 59.4 Å². The van der Waals surface area contributed by atoms with Crippen LogP contribution in [0.2, 0.25) is 0 Å². The lowest BCUT2D eigenvalue weighted by Crippen LogP contribution is -2.47. The van der Waals surface area contributed by atoms with E-state index in [1.807, 2.05) is 4.72 Å². The number of sulfonamides is 1. The second kappa shape index (κ2) is 10.1. The first-order valence-corrected chi connectivity index (χ1v) is 13.4. The highest BCUT2D eigenvalue weighted by molar-refractivity contribution is 7.89. The molecule has 4 rings (SSSR count). The van der Waals surface area contributed by atoms with Crippen LogP contribution in [-0.2, 0) is 16.4 Å². The average molecular weight is 564 g/mol. The molecule has 1 heterocycles. The van der Waals surface area contributed by atoms with E-state index in [1.54, 1.807) is 0 Å². The highest BCUT2D eigenvalue weighted by Gasteiger charge is 2.62. The molecule has 0 bridgehead atoms. The number of benzene rings is 2. The Kier molecular flexibility index (Phi) is 7.47. The molecule has 0 radical (unpaired) electrons. The summed E-state index contributed by atoms with van der Waals surface area (Å²) in [5.74, 6) is -6.14. The molecule has 1 aliphatic carbocycles. The zero-order valence-corrected chi connectivity index (χ0v) is 21.4. The van der Waals surface area contributed by atoms with Crippen molar-refractivity contribution in [3.8, 4) is 11.1 Å². The Morgan fingerprint density at radius 2 is 1.79 bits per heavy atom. The molecule has 2 aliphatic rings. The fraction of sp³-hybridized carbons (Fsp3) is 0.480. The van der Waals surface area contributed by atoms with E-state index in [0.29, 0.717) is 6.07 Å². The SMILES string of the molecule is CC(C)(F)CNC(=O)N1CC2(CC1Cc1cccc(-c3cc(F)cc(F)c3)c1F)CC2NS(=O)(=O)C(F)F. The van der Waals surface area contributed by atoms with E-state index in [0.717, 1.165) is 12.1 Å². The molecule has 0 aromatic heterocycles. The van der Waals surface area contributed by atoms with Crippen molar-refractivity contribution in [2.45, 2.75) is 56.6 Å². The fourth-order valence-corrected chi connectivity index (χ4v) is 5.84. The Labute approximate surface area is 216 Å². The summed E-state index contributed by atoms with van der Waals surface area (Å²) >= 11 is 0. The van der Waals surface area contributed by atoms with Gasteiger partial charge in [0.1, 0.15) is 23.1 Å². The van der Waals surface area contributed by atoms with Gasteiger partial charge in [-0.05, 0) is 56.4 Å². The third-order valence-electron chi connectivity index (χ3n) is 6.93. The lowest BCUT2D eigenvalue weighted by atomic mass is 9.94. The van der Waals surface area contributed by atoms with Crippen molar-refractivity contribution in [2.24, 2.45) is 5.41 Å². The number of likely N-dealkylation sites (tertiary alicyclic amines) is 1. The number of carbonyl (C=O) groups is 1. The van der Waals surface area contributed by atoms with E-state index in [9.17, 15) is 35.2 Å². The zero-order valence-electron chi connectivity index (χ0n) is 20.6. The predicted octanol–water partition coefficient (Wildman–Crippen LogP) is 4.75.